The van der Waals surface area contributed by atoms with E-state index in [1.807, 2.05) is 0 Å². The van der Waals surface area contributed by atoms with Crippen LogP contribution in [0.3, 0.4) is 0 Å². The van der Waals surface area contributed by atoms with E-state index in [0.717, 1.165) is 0 Å². The molecule has 0 saturated heterocycles. The number of para-hydroxylation sites is 1. The monoisotopic (exact) mass is 354 g/mol. The normalized spacial score (nSPS) is 13.0. The highest BCUT2D eigenvalue weighted by Crippen LogP contribution is 2.45. The summed E-state index contributed by atoms with van der Waals surface area (Å²) in [5.41, 5.74) is 6.31. The Morgan fingerprint density at radius 1 is 0.500 bits per heavy atom. The molecule has 0 unspecified atom stereocenters. The van der Waals surface area contributed by atoms with Gasteiger partial charge in [-0.2, -0.15) is 0 Å². The van der Waals surface area contributed by atoms with Crippen LogP contribution in [-0.2, 0) is 0 Å². The zero-order chi connectivity index (χ0) is 18.0. The molecule has 8 rings (SSSR count). The standard InChI is InChI=1S/C26H14N2/c1-2-6-20-16(5-1)17-11-13-19-25-24-18(27-19)12-10-15-9-8-14-4-3-7-21(22(14)23(15)24)28(20)26(17)25/h1-13,27H. The van der Waals surface area contributed by atoms with Gasteiger partial charge in [-0.1, -0.05) is 54.6 Å². The van der Waals surface area contributed by atoms with Crippen LogP contribution < -0.4 is 0 Å². The van der Waals surface area contributed by atoms with Crippen LogP contribution in [0.2, 0.25) is 0 Å². The van der Waals surface area contributed by atoms with Gasteiger partial charge in [0, 0.05) is 43.4 Å². The number of aromatic nitrogens is 2. The van der Waals surface area contributed by atoms with E-state index < -0.39 is 0 Å². The Bertz CT molecular complexity index is 1860. The molecule has 3 aromatic heterocycles. The fourth-order valence-corrected chi connectivity index (χ4v) is 5.54. The molecule has 0 spiro atoms. The van der Waals surface area contributed by atoms with Crippen LogP contribution in [0.4, 0.5) is 0 Å². The number of hydrogen-bond donors (Lipinski definition) is 1. The number of nitrogens with one attached hydrogen (secondary N) is 1. The third-order valence-electron chi connectivity index (χ3n) is 6.60. The van der Waals surface area contributed by atoms with E-state index in [1.54, 1.807) is 0 Å². The van der Waals surface area contributed by atoms with E-state index >= 15 is 0 Å². The third-order valence-corrected chi connectivity index (χ3v) is 6.60. The van der Waals surface area contributed by atoms with Crippen molar-refractivity contribution < 1.29 is 0 Å². The number of fused-ring (bicyclic) bond motifs is 4. The Kier molecular flexibility index (Phi) is 2.01. The first-order chi connectivity index (χ1) is 13.9. The van der Waals surface area contributed by atoms with Gasteiger partial charge in [-0.25, -0.2) is 0 Å². The predicted molar refractivity (Wildman–Crippen MR) is 119 cm³/mol. The Balaban J connectivity index is 1.99. The number of benzene rings is 5. The average molecular weight is 354 g/mol. The van der Waals surface area contributed by atoms with Gasteiger partial charge in [-0.05, 0) is 35.0 Å². The molecule has 0 amide bonds. The lowest BCUT2D eigenvalue weighted by Crippen LogP contribution is -1.86. The van der Waals surface area contributed by atoms with Gasteiger partial charge in [0.1, 0.15) is 0 Å². The average Bonchev–Trinajstić information content (AvgIpc) is 3.24. The van der Waals surface area contributed by atoms with E-state index in [-0.39, 0.29) is 0 Å². The molecule has 0 bridgehead atoms. The Morgan fingerprint density at radius 2 is 1.25 bits per heavy atom. The number of rotatable bonds is 0. The van der Waals surface area contributed by atoms with Crippen molar-refractivity contribution in [3.63, 3.8) is 0 Å². The summed E-state index contributed by atoms with van der Waals surface area (Å²) in [6, 6.07) is 29.0. The van der Waals surface area contributed by atoms with Crippen molar-refractivity contribution in [3.8, 4) is 0 Å². The van der Waals surface area contributed by atoms with Gasteiger partial charge >= 0.3 is 0 Å². The summed E-state index contributed by atoms with van der Waals surface area (Å²) in [5.74, 6) is 0. The molecule has 28 heavy (non-hydrogen) atoms. The van der Waals surface area contributed by atoms with Crippen molar-refractivity contribution >= 4 is 70.7 Å². The molecule has 5 aromatic carbocycles. The molecule has 1 N–H and O–H groups in total. The zero-order valence-electron chi connectivity index (χ0n) is 15.0. The Hall–Kier alpha value is -3.78. The number of aromatic amines is 1. The summed E-state index contributed by atoms with van der Waals surface area (Å²) in [5, 5.41) is 10.7. The largest absolute Gasteiger partial charge is 0.354 e. The van der Waals surface area contributed by atoms with Gasteiger partial charge in [0.25, 0.3) is 0 Å². The van der Waals surface area contributed by atoms with Gasteiger partial charge in [-0.3, -0.25) is 0 Å². The summed E-state index contributed by atoms with van der Waals surface area (Å²) in [6.07, 6.45) is 0. The smallest absolute Gasteiger partial charge is 0.0641 e. The molecule has 8 aromatic rings. The number of hydrogen-bond acceptors (Lipinski definition) is 0. The molecular weight excluding hydrogens is 340 g/mol. The van der Waals surface area contributed by atoms with E-state index in [9.17, 15) is 0 Å². The van der Waals surface area contributed by atoms with Crippen molar-refractivity contribution in [1.82, 2.24) is 9.38 Å². The second-order valence-corrected chi connectivity index (χ2v) is 7.89. The molecule has 2 heteroatoms. The molecule has 0 fully saturated rings. The van der Waals surface area contributed by atoms with Crippen molar-refractivity contribution in [1.29, 1.82) is 0 Å². The quantitative estimate of drug-likeness (QED) is 0.281. The topological polar surface area (TPSA) is 20.2 Å². The minimum Gasteiger partial charge on any atom is -0.354 e. The van der Waals surface area contributed by atoms with E-state index in [0.29, 0.717) is 0 Å². The second kappa shape index (κ2) is 4.20. The summed E-state index contributed by atoms with van der Waals surface area (Å²) >= 11 is 0. The van der Waals surface area contributed by atoms with Crippen molar-refractivity contribution in [3.05, 3.63) is 78.9 Å². The predicted octanol–water partition coefficient (Wildman–Crippen LogP) is 7.06. The molecule has 128 valence electrons. The highest BCUT2D eigenvalue weighted by molar-refractivity contribution is 6.37. The third kappa shape index (κ3) is 1.29. The van der Waals surface area contributed by atoms with Gasteiger partial charge in [-0.15, -0.1) is 0 Å². The molecule has 0 saturated carbocycles. The minimum atomic E-state index is 1.21. The van der Waals surface area contributed by atoms with Gasteiger partial charge < -0.3 is 9.38 Å². The first kappa shape index (κ1) is 13.4. The van der Waals surface area contributed by atoms with Crippen LogP contribution in [0.15, 0.2) is 78.9 Å². The van der Waals surface area contributed by atoms with E-state index in [2.05, 4.69) is 88.2 Å². The second-order valence-electron chi connectivity index (χ2n) is 7.89. The molecular formula is C26H14N2. The van der Waals surface area contributed by atoms with Crippen LogP contribution in [-0.4, -0.2) is 9.38 Å². The lowest BCUT2D eigenvalue weighted by molar-refractivity contribution is 1.36. The zero-order valence-corrected chi connectivity index (χ0v) is 15.0. The van der Waals surface area contributed by atoms with E-state index in [4.69, 9.17) is 0 Å². The molecule has 0 radical (unpaired) electrons. The van der Waals surface area contributed by atoms with E-state index in [1.165, 1.54) is 70.7 Å². The Morgan fingerprint density at radius 3 is 2.21 bits per heavy atom. The molecule has 0 atom stereocenters. The lowest BCUT2D eigenvalue weighted by atomic mass is 9.97. The molecule has 0 aliphatic heterocycles. The summed E-state index contributed by atoms with van der Waals surface area (Å²) < 4.78 is 2.49. The number of H-pyrrole nitrogens is 1. The molecule has 2 nitrogen and oxygen atoms in total. The maximum Gasteiger partial charge on any atom is 0.0641 e. The van der Waals surface area contributed by atoms with Crippen LogP contribution >= 0.6 is 0 Å². The molecule has 3 heterocycles. The fourth-order valence-electron chi connectivity index (χ4n) is 5.54. The SMILES string of the molecule is c1ccc2c(c1)c1ccc3[nH]c4ccc5ccc6cccc7c6c5c4c3c1n27. The Labute approximate surface area is 159 Å². The molecule has 0 aliphatic rings. The van der Waals surface area contributed by atoms with Crippen LogP contribution in [0.1, 0.15) is 0 Å². The van der Waals surface area contributed by atoms with Crippen molar-refractivity contribution in [2.75, 3.05) is 0 Å². The first-order valence-electron chi connectivity index (χ1n) is 9.72. The maximum absolute atomic E-state index is 3.68. The van der Waals surface area contributed by atoms with Crippen LogP contribution in [0.25, 0.3) is 70.7 Å². The van der Waals surface area contributed by atoms with Gasteiger partial charge in [0.2, 0.25) is 0 Å². The minimum absolute atomic E-state index is 1.21. The number of nitrogens with zero attached hydrogens (tertiary/aromatic N) is 1. The van der Waals surface area contributed by atoms with Gasteiger partial charge in [0.05, 0.1) is 16.6 Å². The molecule has 0 aliphatic carbocycles. The fraction of sp³-hybridized carbons (Fsp3) is 0. The van der Waals surface area contributed by atoms with Gasteiger partial charge in [0.15, 0.2) is 0 Å². The summed E-state index contributed by atoms with van der Waals surface area (Å²) in [7, 11) is 0. The summed E-state index contributed by atoms with van der Waals surface area (Å²) in [4.78, 5) is 3.68. The summed E-state index contributed by atoms with van der Waals surface area (Å²) in [6.45, 7) is 0. The van der Waals surface area contributed by atoms with Crippen molar-refractivity contribution in [2.24, 2.45) is 0 Å². The van der Waals surface area contributed by atoms with Crippen molar-refractivity contribution in [2.45, 2.75) is 0 Å². The lowest BCUT2D eigenvalue weighted by Gasteiger charge is -2.07. The van der Waals surface area contributed by atoms with Crippen LogP contribution in [0, 0.1) is 0 Å². The maximum atomic E-state index is 3.68. The highest BCUT2D eigenvalue weighted by atomic mass is 14.9. The highest BCUT2D eigenvalue weighted by Gasteiger charge is 2.21. The first-order valence-corrected chi connectivity index (χ1v) is 9.72. The van der Waals surface area contributed by atoms with Crippen LogP contribution in [0.5, 0.6) is 0 Å².